The standard InChI is InChI=1S/C23H27N2S.C8H6O3/c26-22(18-25-17-7-16-24-15-6-2-5-10-23(24)25)21-13-11-20(12-14-21)19-8-3-1-4-9-19;9-7(8(10)11)6-4-2-1-3-5-6/h1,3-4,8-9,11-14H,2,5-7,10,15-18H2;1-5H,(H,10,11)/q+1;/p-1. The van der Waals surface area contributed by atoms with Crippen molar-refractivity contribution >= 4 is 34.7 Å². The monoisotopic (exact) mass is 512 g/mol. The molecular formula is C31H32N2O3S. The van der Waals surface area contributed by atoms with Crippen LogP contribution in [0.5, 0.6) is 0 Å². The van der Waals surface area contributed by atoms with E-state index in [2.05, 4.69) is 64.1 Å². The lowest BCUT2D eigenvalue weighted by molar-refractivity contribution is -0.524. The van der Waals surface area contributed by atoms with Gasteiger partial charge in [-0.05, 0) is 36.0 Å². The molecule has 37 heavy (non-hydrogen) atoms. The van der Waals surface area contributed by atoms with Gasteiger partial charge in [0, 0.05) is 18.4 Å². The van der Waals surface area contributed by atoms with Gasteiger partial charge in [0.25, 0.3) is 0 Å². The minimum Gasteiger partial charge on any atom is -0.541 e. The zero-order valence-electron chi connectivity index (χ0n) is 21.0. The van der Waals surface area contributed by atoms with Gasteiger partial charge in [0.2, 0.25) is 11.6 Å². The zero-order chi connectivity index (χ0) is 26.0. The molecule has 0 amide bonds. The van der Waals surface area contributed by atoms with Gasteiger partial charge in [-0.1, -0.05) is 97.1 Å². The molecule has 2 heterocycles. The predicted octanol–water partition coefficient (Wildman–Crippen LogP) is 4.38. The van der Waals surface area contributed by atoms with Crippen molar-refractivity contribution in [1.29, 1.82) is 0 Å². The van der Waals surface area contributed by atoms with Crippen LogP contribution in [-0.2, 0) is 4.79 Å². The molecule has 2 aliphatic heterocycles. The first-order valence-corrected chi connectivity index (χ1v) is 13.3. The summed E-state index contributed by atoms with van der Waals surface area (Å²) < 4.78 is 2.54. The Hall–Kier alpha value is -3.64. The molecule has 1 fully saturated rings. The second kappa shape index (κ2) is 13.1. The van der Waals surface area contributed by atoms with E-state index in [1.54, 1.807) is 18.2 Å². The molecule has 0 atom stereocenters. The molecule has 0 unspecified atom stereocenters. The van der Waals surface area contributed by atoms with E-state index in [1.165, 1.54) is 79.9 Å². The van der Waals surface area contributed by atoms with Gasteiger partial charge in [0.15, 0.2) is 0 Å². The van der Waals surface area contributed by atoms with Gasteiger partial charge in [-0.25, -0.2) is 0 Å². The van der Waals surface area contributed by atoms with Crippen molar-refractivity contribution in [3.8, 4) is 11.1 Å². The lowest BCUT2D eigenvalue weighted by Crippen LogP contribution is -2.45. The maximum atomic E-state index is 10.7. The number of amidine groups is 1. The molecule has 0 aliphatic carbocycles. The fourth-order valence-corrected chi connectivity index (χ4v) is 5.14. The average molecular weight is 513 g/mol. The fraction of sp³-hybridized carbons (Fsp3) is 0.290. The number of aliphatic carboxylic acids is 1. The van der Waals surface area contributed by atoms with Crippen molar-refractivity contribution in [2.45, 2.75) is 32.1 Å². The third-order valence-electron chi connectivity index (χ3n) is 6.78. The summed E-state index contributed by atoms with van der Waals surface area (Å²) in [6, 6.07) is 27.0. The second-order valence-electron chi connectivity index (χ2n) is 9.34. The van der Waals surface area contributed by atoms with Crippen LogP contribution >= 0.6 is 12.2 Å². The normalized spacial score (nSPS) is 15.1. The summed E-state index contributed by atoms with van der Waals surface area (Å²) in [5, 5.41) is 10.0. The van der Waals surface area contributed by atoms with Crippen LogP contribution in [0.1, 0.15) is 48.0 Å². The molecule has 3 aromatic rings. The smallest absolute Gasteiger partial charge is 0.247 e. The van der Waals surface area contributed by atoms with Crippen LogP contribution in [0, 0.1) is 0 Å². The van der Waals surface area contributed by atoms with E-state index in [1.807, 2.05) is 0 Å². The molecular weight excluding hydrogens is 480 g/mol. The number of rotatable bonds is 6. The van der Waals surface area contributed by atoms with Crippen LogP contribution < -0.4 is 5.11 Å². The first kappa shape index (κ1) is 26.4. The highest BCUT2D eigenvalue weighted by Gasteiger charge is 2.29. The number of hydrogen-bond donors (Lipinski definition) is 0. The minimum atomic E-state index is -1.67. The Kier molecular flexibility index (Phi) is 9.33. The summed E-state index contributed by atoms with van der Waals surface area (Å²) in [5.41, 5.74) is 3.84. The van der Waals surface area contributed by atoms with Crippen LogP contribution in [0.3, 0.4) is 0 Å². The molecule has 0 saturated carbocycles. The molecule has 3 aromatic carbocycles. The molecule has 1 saturated heterocycles. The van der Waals surface area contributed by atoms with Crippen LogP contribution in [0.15, 0.2) is 84.9 Å². The number of carbonyl (C=O) groups is 2. The number of fused-ring (bicyclic) bond motifs is 1. The van der Waals surface area contributed by atoms with E-state index in [0.717, 1.165) is 18.0 Å². The number of thiocarbonyl (C=S) groups is 1. The Bertz CT molecular complexity index is 1250. The zero-order valence-corrected chi connectivity index (χ0v) is 21.8. The third kappa shape index (κ3) is 7.20. The van der Waals surface area contributed by atoms with Gasteiger partial charge in [-0.15, -0.1) is 0 Å². The van der Waals surface area contributed by atoms with E-state index in [4.69, 9.17) is 12.2 Å². The maximum absolute atomic E-state index is 10.7. The van der Waals surface area contributed by atoms with Gasteiger partial charge < -0.3 is 9.90 Å². The van der Waals surface area contributed by atoms with Gasteiger partial charge >= 0.3 is 0 Å². The number of hydrogen-bond acceptors (Lipinski definition) is 5. The van der Waals surface area contributed by atoms with Gasteiger partial charge in [-0.3, -0.25) is 14.3 Å². The molecule has 190 valence electrons. The number of carboxylic acid groups (broad SMARTS) is 1. The minimum absolute atomic E-state index is 0.146. The van der Waals surface area contributed by atoms with E-state index < -0.39 is 11.8 Å². The highest BCUT2D eigenvalue weighted by atomic mass is 32.1. The number of ketones is 1. The second-order valence-corrected chi connectivity index (χ2v) is 9.83. The van der Waals surface area contributed by atoms with Crippen molar-refractivity contribution in [3.63, 3.8) is 0 Å². The topological polar surface area (TPSA) is 63.4 Å². The molecule has 0 radical (unpaired) electrons. The SMILES string of the molecule is O=C([O-])C(=O)c1ccccc1.S=C(C[N+]1=C2CCCCCN2CCC1)c1ccc(-c2ccccc2)cc1. The largest absolute Gasteiger partial charge is 0.541 e. The highest BCUT2D eigenvalue weighted by Crippen LogP contribution is 2.20. The summed E-state index contributed by atoms with van der Waals surface area (Å²) in [6.45, 7) is 4.48. The fourth-order valence-electron chi connectivity index (χ4n) is 4.85. The van der Waals surface area contributed by atoms with Crippen molar-refractivity contribution in [2.75, 3.05) is 26.2 Å². The third-order valence-corrected chi connectivity index (χ3v) is 7.15. The van der Waals surface area contributed by atoms with E-state index in [9.17, 15) is 14.7 Å². The molecule has 0 bridgehead atoms. The Morgan fingerprint density at radius 1 is 0.757 bits per heavy atom. The summed E-state index contributed by atoms with van der Waals surface area (Å²) in [4.78, 5) is 24.4. The van der Waals surface area contributed by atoms with Crippen LogP contribution in [0.25, 0.3) is 11.1 Å². The number of nitrogens with zero attached hydrogens (tertiary/aromatic N) is 2. The Balaban J connectivity index is 0.000000245. The van der Waals surface area contributed by atoms with Crippen molar-refractivity contribution < 1.29 is 19.3 Å². The van der Waals surface area contributed by atoms with E-state index in [0.29, 0.717) is 0 Å². The van der Waals surface area contributed by atoms with Gasteiger partial charge in [-0.2, -0.15) is 0 Å². The number of benzene rings is 3. The van der Waals surface area contributed by atoms with Crippen LogP contribution in [0.4, 0.5) is 0 Å². The molecule has 0 spiro atoms. The molecule has 6 heteroatoms. The summed E-state index contributed by atoms with van der Waals surface area (Å²) in [7, 11) is 0. The Labute approximate surface area is 224 Å². The molecule has 5 rings (SSSR count). The van der Waals surface area contributed by atoms with Crippen molar-refractivity contribution in [1.82, 2.24) is 4.90 Å². The number of Topliss-reactive ketones (excluding diaryl/α,β-unsaturated/α-hetero) is 1. The number of carboxylic acids is 1. The van der Waals surface area contributed by atoms with Crippen LogP contribution in [-0.4, -0.2) is 58.1 Å². The lowest BCUT2D eigenvalue weighted by Gasteiger charge is -2.26. The van der Waals surface area contributed by atoms with Gasteiger partial charge in [0.05, 0.1) is 24.5 Å². The van der Waals surface area contributed by atoms with E-state index in [-0.39, 0.29) is 5.56 Å². The Morgan fingerprint density at radius 3 is 2.05 bits per heavy atom. The summed E-state index contributed by atoms with van der Waals surface area (Å²) in [6.07, 6.45) is 6.48. The van der Waals surface area contributed by atoms with Crippen LogP contribution in [0.2, 0.25) is 0 Å². The first-order chi connectivity index (χ1) is 18.0. The predicted molar refractivity (Wildman–Crippen MR) is 149 cm³/mol. The molecule has 5 nitrogen and oxygen atoms in total. The molecule has 0 aromatic heterocycles. The summed E-state index contributed by atoms with van der Waals surface area (Å²) >= 11 is 5.82. The average Bonchev–Trinajstić information content (AvgIpc) is 3.20. The summed E-state index contributed by atoms with van der Waals surface area (Å²) in [5.74, 6) is -1.11. The Morgan fingerprint density at radius 2 is 1.38 bits per heavy atom. The van der Waals surface area contributed by atoms with Crippen molar-refractivity contribution in [2.24, 2.45) is 0 Å². The van der Waals surface area contributed by atoms with Crippen molar-refractivity contribution in [3.05, 3.63) is 96.1 Å². The van der Waals surface area contributed by atoms with Gasteiger partial charge in [0.1, 0.15) is 12.5 Å². The molecule has 2 aliphatic rings. The lowest BCUT2D eigenvalue weighted by atomic mass is 10.0. The van der Waals surface area contributed by atoms with E-state index >= 15 is 0 Å². The quantitative estimate of drug-likeness (QED) is 0.212. The number of carbonyl (C=O) groups excluding carboxylic acids is 2. The maximum Gasteiger partial charge on any atom is 0.247 e. The highest BCUT2D eigenvalue weighted by molar-refractivity contribution is 7.80. The molecule has 0 N–H and O–H groups in total. The first-order valence-electron chi connectivity index (χ1n) is 12.9.